The molecular formula is C31H34N4O7. The van der Waals surface area contributed by atoms with E-state index in [4.69, 9.17) is 14.2 Å². The number of rotatable bonds is 15. The highest BCUT2D eigenvalue weighted by atomic mass is 16.5. The summed E-state index contributed by atoms with van der Waals surface area (Å²) in [5, 5.41) is 35.3. The van der Waals surface area contributed by atoms with E-state index < -0.39 is 12.2 Å². The minimum Gasteiger partial charge on any atom is -0.489 e. The van der Waals surface area contributed by atoms with Crippen LogP contribution in [0.3, 0.4) is 0 Å². The summed E-state index contributed by atoms with van der Waals surface area (Å²) in [6.07, 6.45) is 2.11. The first-order valence-corrected chi connectivity index (χ1v) is 13.4. The summed E-state index contributed by atoms with van der Waals surface area (Å²) in [7, 11) is 0. The molecule has 4 aromatic rings. The zero-order valence-corrected chi connectivity index (χ0v) is 22.9. The van der Waals surface area contributed by atoms with Gasteiger partial charge in [0.15, 0.2) is 0 Å². The van der Waals surface area contributed by atoms with Crippen molar-refractivity contribution in [1.82, 2.24) is 15.3 Å². The molecule has 0 radical (unpaired) electrons. The molecule has 1 amide bonds. The third-order valence-corrected chi connectivity index (χ3v) is 6.12. The second kappa shape index (κ2) is 16.0. The second-order valence-corrected chi connectivity index (χ2v) is 9.39. The van der Waals surface area contributed by atoms with Crippen molar-refractivity contribution >= 4 is 11.9 Å². The van der Waals surface area contributed by atoms with Crippen LogP contribution in [0.25, 0.3) is 0 Å². The van der Waals surface area contributed by atoms with E-state index in [-0.39, 0.29) is 39.0 Å². The first-order chi connectivity index (χ1) is 20.5. The van der Waals surface area contributed by atoms with Crippen LogP contribution in [0, 0.1) is 0 Å². The van der Waals surface area contributed by atoms with Crippen LogP contribution < -0.4 is 20.1 Å². The molecule has 0 saturated heterocycles. The van der Waals surface area contributed by atoms with Crippen LogP contribution in [0.2, 0.25) is 0 Å². The zero-order chi connectivity index (χ0) is 29.6. The number of hydrogen-bond acceptors (Lipinski definition) is 10. The lowest BCUT2D eigenvalue weighted by Crippen LogP contribution is -2.41. The highest BCUT2D eigenvalue weighted by Gasteiger charge is 2.13. The Morgan fingerprint density at radius 2 is 1.67 bits per heavy atom. The maximum absolute atomic E-state index is 12.0. The Kier molecular flexibility index (Phi) is 11.6. The van der Waals surface area contributed by atoms with E-state index in [1.807, 2.05) is 42.5 Å². The summed E-state index contributed by atoms with van der Waals surface area (Å²) < 4.78 is 16.5. The van der Waals surface area contributed by atoms with Gasteiger partial charge in [0.25, 0.3) is 0 Å². The Hall–Kier alpha value is -4.55. The van der Waals surface area contributed by atoms with Gasteiger partial charge >= 0.3 is 6.09 Å². The fourth-order valence-electron chi connectivity index (χ4n) is 3.88. The molecule has 0 fully saturated rings. The molecule has 4 rings (SSSR count). The average Bonchev–Trinajstić information content (AvgIpc) is 3.03. The first-order valence-electron chi connectivity index (χ1n) is 13.4. The fourth-order valence-corrected chi connectivity index (χ4v) is 3.88. The van der Waals surface area contributed by atoms with Gasteiger partial charge in [0.2, 0.25) is 5.88 Å². The molecule has 220 valence electrons. The smallest absolute Gasteiger partial charge is 0.413 e. The Morgan fingerprint density at radius 1 is 0.881 bits per heavy atom. The molecule has 2 heterocycles. The van der Waals surface area contributed by atoms with Crippen molar-refractivity contribution in [3.05, 3.63) is 108 Å². The van der Waals surface area contributed by atoms with Crippen LogP contribution in [-0.4, -0.2) is 63.3 Å². The van der Waals surface area contributed by atoms with E-state index in [0.29, 0.717) is 35.2 Å². The lowest BCUT2D eigenvalue weighted by atomic mass is 10.1. The fraction of sp³-hybridized carbons (Fsp3) is 0.258. The zero-order valence-electron chi connectivity index (χ0n) is 22.9. The largest absolute Gasteiger partial charge is 0.489 e. The van der Waals surface area contributed by atoms with Crippen LogP contribution >= 0.6 is 0 Å². The van der Waals surface area contributed by atoms with E-state index in [1.54, 1.807) is 42.6 Å². The number of aliphatic hydroxyl groups excluding tert-OH is 3. The van der Waals surface area contributed by atoms with E-state index >= 15 is 0 Å². The minimum absolute atomic E-state index is 0.00804. The monoisotopic (exact) mass is 574 g/mol. The van der Waals surface area contributed by atoms with Crippen LogP contribution in [0.1, 0.15) is 16.7 Å². The lowest BCUT2D eigenvalue weighted by molar-refractivity contribution is 0.0996. The number of nitrogens with zero attached hydrogens (tertiary/aromatic N) is 2. The van der Waals surface area contributed by atoms with Crippen LogP contribution in [0.4, 0.5) is 10.6 Å². The summed E-state index contributed by atoms with van der Waals surface area (Å²) in [5.41, 5.74) is 2.44. The Morgan fingerprint density at radius 3 is 2.38 bits per heavy atom. The number of carbonyl (C=O) groups is 1. The van der Waals surface area contributed by atoms with Gasteiger partial charge in [0.05, 0.1) is 19.4 Å². The van der Waals surface area contributed by atoms with E-state index in [0.717, 1.165) is 11.1 Å². The maximum atomic E-state index is 12.0. The quantitative estimate of drug-likeness (QED) is 0.143. The Balaban J connectivity index is 1.15. The van der Waals surface area contributed by atoms with Crippen molar-refractivity contribution in [2.45, 2.75) is 31.8 Å². The molecule has 2 aromatic carbocycles. The summed E-state index contributed by atoms with van der Waals surface area (Å²) in [5.74, 6) is 1.66. The summed E-state index contributed by atoms with van der Waals surface area (Å²) >= 11 is 0. The molecular weight excluding hydrogens is 540 g/mol. The number of pyridine rings is 2. The Labute approximate surface area is 243 Å². The highest BCUT2D eigenvalue weighted by molar-refractivity contribution is 5.83. The molecule has 0 aliphatic heterocycles. The molecule has 2 aromatic heterocycles. The molecule has 0 spiro atoms. The van der Waals surface area contributed by atoms with Gasteiger partial charge in [-0.25, -0.2) is 14.8 Å². The molecule has 11 nitrogen and oxygen atoms in total. The Bertz CT molecular complexity index is 1370. The van der Waals surface area contributed by atoms with Gasteiger partial charge in [-0.05, 0) is 53.9 Å². The van der Waals surface area contributed by atoms with E-state index in [1.165, 1.54) is 6.20 Å². The molecule has 42 heavy (non-hydrogen) atoms. The maximum Gasteiger partial charge on any atom is 0.413 e. The van der Waals surface area contributed by atoms with Gasteiger partial charge in [-0.2, -0.15) is 0 Å². The number of carbonyl (C=O) groups excluding carboxylic acids is 1. The van der Waals surface area contributed by atoms with Crippen molar-refractivity contribution in [3.63, 3.8) is 0 Å². The van der Waals surface area contributed by atoms with Crippen molar-refractivity contribution in [1.29, 1.82) is 0 Å². The second-order valence-electron chi connectivity index (χ2n) is 9.39. The van der Waals surface area contributed by atoms with Gasteiger partial charge in [0.1, 0.15) is 36.6 Å². The first kappa shape index (κ1) is 30.4. The minimum atomic E-state index is -0.834. The molecule has 11 heteroatoms. The number of ether oxygens (including phenoxy) is 3. The topological polar surface area (TPSA) is 155 Å². The predicted molar refractivity (Wildman–Crippen MR) is 155 cm³/mol. The number of benzene rings is 2. The SMILES string of the molecule is O=C(Nc1ccc(OC[C@@H](O)CNC(CO)Cc2ccc(Oc3ncccc3CO)cc2)cn1)OCc1ccccc1. The number of anilines is 1. The molecule has 0 saturated carbocycles. The van der Waals surface area contributed by atoms with Crippen molar-refractivity contribution < 1.29 is 34.3 Å². The average molecular weight is 575 g/mol. The summed E-state index contributed by atoms with van der Waals surface area (Å²) in [6.45, 7) is 0.0739. The van der Waals surface area contributed by atoms with Gasteiger partial charge in [-0.3, -0.25) is 5.32 Å². The van der Waals surface area contributed by atoms with Crippen LogP contribution in [0.15, 0.2) is 91.3 Å². The lowest BCUT2D eigenvalue weighted by Gasteiger charge is -2.19. The van der Waals surface area contributed by atoms with Gasteiger partial charge in [-0.1, -0.05) is 42.5 Å². The number of aliphatic hydroxyl groups is 3. The van der Waals surface area contributed by atoms with Crippen LogP contribution in [0.5, 0.6) is 17.4 Å². The third-order valence-electron chi connectivity index (χ3n) is 6.12. The summed E-state index contributed by atoms with van der Waals surface area (Å²) in [6, 6.07) is 23.1. The van der Waals surface area contributed by atoms with Crippen molar-refractivity contribution in [2.75, 3.05) is 25.1 Å². The van der Waals surface area contributed by atoms with Crippen molar-refractivity contribution in [2.24, 2.45) is 0 Å². The molecule has 0 aliphatic carbocycles. The predicted octanol–water partition coefficient (Wildman–Crippen LogP) is 3.44. The number of nitrogens with one attached hydrogen (secondary N) is 2. The standard InChI is InChI=1S/C31H34N4O7/c36-18-24-7-4-14-32-30(24)42-27-10-8-22(9-11-27)15-25(19-37)33-16-26(38)21-40-28-12-13-29(34-17-28)35-31(39)41-20-23-5-2-1-3-6-23/h1-14,17,25-26,33,36-38H,15-16,18-21H2,(H,34,35,39)/t25?,26-/m0/s1. The van der Waals surface area contributed by atoms with Gasteiger partial charge in [0, 0.05) is 24.3 Å². The normalized spacial score (nSPS) is 12.3. The van der Waals surface area contributed by atoms with Gasteiger partial charge < -0.3 is 34.8 Å². The number of amides is 1. The molecule has 2 atom stereocenters. The number of hydrogen-bond donors (Lipinski definition) is 5. The van der Waals surface area contributed by atoms with E-state index in [9.17, 15) is 20.1 Å². The van der Waals surface area contributed by atoms with E-state index in [2.05, 4.69) is 20.6 Å². The van der Waals surface area contributed by atoms with Crippen molar-refractivity contribution in [3.8, 4) is 17.4 Å². The number of aromatic nitrogens is 2. The third kappa shape index (κ3) is 9.82. The highest BCUT2D eigenvalue weighted by Crippen LogP contribution is 2.23. The molecule has 5 N–H and O–H groups in total. The molecule has 1 unspecified atom stereocenters. The van der Waals surface area contributed by atoms with Crippen LogP contribution in [-0.2, 0) is 24.4 Å². The molecule has 0 aliphatic rings. The van der Waals surface area contributed by atoms with Gasteiger partial charge in [-0.15, -0.1) is 0 Å². The summed E-state index contributed by atoms with van der Waals surface area (Å²) in [4.78, 5) is 20.3. The molecule has 0 bridgehead atoms.